The molecule has 18 heavy (non-hydrogen) atoms. The Morgan fingerprint density at radius 2 is 1.83 bits per heavy atom. The zero-order chi connectivity index (χ0) is 12.5. The maximum absolute atomic E-state index is 9.91. The minimum absolute atomic E-state index is 0.189. The van der Waals surface area contributed by atoms with Gasteiger partial charge in [-0.3, -0.25) is 0 Å². The number of hydrogen-bond acceptors (Lipinski definition) is 2. The highest BCUT2D eigenvalue weighted by molar-refractivity contribution is 9.10. The first-order chi connectivity index (χ1) is 8.75. The largest absolute Gasteiger partial charge is 0.391 e. The molecule has 2 nitrogen and oxygen atoms in total. The zero-order valence-corrected chi connectivity index (χ0v) is 11.7. The smallest absolute Gasteiger partial charge is 0.0741 e. The van der Waals surface area contributed by atoms with Crippen molar-refractivity contribution in [2.45, 2.75) is 31.4 Å². The molecule has 1 aliphatic rings. The lowest BCUT2D eigenvalue weighted by atomic mass is 10.1. The normalized spacial score (nSPS) is 23.4. The minimum Gasteiger partial charge on any atom is -0.391 e. The molecule has 2 unspecified atom stereocenters. The van der Waals surface area contributed by atoms with E-state index in [1.807, 2.05) is 12.1 Å². The third-order valence-electron chi connectivity index (χ3n) is 3.69. The average molecular weight is 306 g/mol. The van der Waals surface area contributed by atoms with E-state index in [-0.39, 0.29) is 12.1 Å². The van der Waals surface area contributed by atoms with Crippen LogP contribution < -0.4 is 5.32 Å². The van der Waals surface area contributed by atoms with Gasteiger partial charge in [0.1, 0.15) is 0 Å². The SMILES string of the molecule is OC1CCCC1Nc1ccc(Br)c2ccccc12. The van der Waals surface area contributed by atoms with Crippen molar-refractivity contribution in [3.8, 4) is 0 Å². The van der Waals surface area contributed by atoms with Gasteiger partial charge in [0.25, 0.3) is 0 Å². The summed E-state index contributed by atoms with van der Waals surface area (Å²) < 4.78 is 1.11. The lowest BCUT2D eigenvalue weighted by Gasteiger charge is -2.19. The minimum atomic E-state index is -0.215. The lowest BCUT2D eigenvalue weighted by molar-refractivity contribution is 0.172. The molecule has 3 rings (SSSR count). The second-order valence-electron chi connectivity index (χ2n) is 4.89. The fourth-order valence-corrected chi connectivity index (χ4v) is 3.17. The highest BCUT2D eigenvalue weighted by atomic mass is 79.9. The van der Waals surface area contributed by atoms with Crippen molar-refractivity contribution in [2.24, 2.45) is 0 Å². The van der Waals surface area contributed by atoms with E-state index in [1.165, 1.54) is 10.8 Å². The van der Waals surface area contributed by atoms with Gasteiger partial charge in [0.15, 0.2) is 0 Å². The van der Waals surface area contributed by atoms with Crippen LogP contribution in [0.15, 0.2) is 40.9 Å². The lowest BCUT2D eigenvalue weighted by Crippen LogP contribution is -2.27. The summed E-state index contributed by atoms with van der Waals surface area (Å²) in [5.74, 6) is 0. The monoisotopic (exact) mass is 305 g/mol. The van der Waals surface area contributed by atoms with Crippen molar-refractivity contribution in [3.05, 3.63) is 40.9 Å². The van der Waals surface area contributed by atoms with Crippen molar-refractivity contribution in [1.29, 1.82) is 0 Å². The zero-order valence-electron chi connectivity index (χ0n) is 10.1. The molecule has 0 radical (unpaired) electrons. The van der Waals surface area contributed by atoms with Crippen LogP contribution in [-0.4, -0.2) is 17.3 Å². The van der Waals surface area contributed by atoms with Crippen molar-refractivity contribution >= 4 is 32.4 Å². The molecule has 1 saturated carbocycles. The molecule has 2 aromatic carbocycles. The molecule has 1 fully saturated rings. The van der Waals surface area contributed by atoms with Gasteiger partial charge in [0.2, 0.25) is 0 Å². The van der Waals surface area contributed by atoms with E-state index in [1.54, 1.807) is 0 Å². The number of anilines is 1. The molecule has 2 aromatic rings. The average Bonchev–Trinajstić information content (AvgIpc) is 2.79. The molecular weight excluding hydrogens is 290 g/mol. The van der Waals surface area contributed by atoms with E-state index in [0.29, 0.717) is 0 Å². The first kappa shape index (κ1) is 12.0. The van der Waals surface area contributed by atoms with Crippen LogP contribution in [0.4, 0.5) is 5.69 Å². The van der Waals surface area contributed by atoms with Crippen LogP contribution in [0.5, 0.6) is 0 Å². The van der Waals surface area contributed by atoms with Crippen LogP contribution in [0.25, 0.3) is 10.8 Å². The summed E-state index contributed by atoms with van der Waals surface area (Å²) in [5.41, 5.74) is 1.11. The van der Waals surface area contributed by atoms with Crippen LogP contribution in [0.1, 0.15) is 19.3 Å². The van der Waals surface area contributed by atoms with Gasteiger partial charge in [-0.05, 0) is 36.8 Å². The standard InChI is InChI=1S/C15H16BrNO/c16-12-8-9-13(11-5-2-1-4-10(11)12)17-14-6-3-7-15(14)18/h1-2,4-5,8-9,14-15,17-18H,3,6-7H2. The van der Waals surface area contributed by atoms with Gasteiger partial charge in [-0.15, -0.1) is 0 Å². The van der Waals surface area contributed by atoms with E-state index in [0.717, 1.165) is 29.4 Å². The third-order valence-corrected chi connectivity index (χ3v) is 4.38. The number of aliphatic hydroxyl groups excluding tert-OH is 1. The Hall–Kier alpha value is -1.06. The summed E-state index contributed by atoms with van der Waals surface area (Å²) >= 11 is 3.58. The fraction of sp³-hybridized carbons (Fsp3) is 0.333. The molecule has 0 aliphatic heterocycles. The van der Waals surface area contributed by atoms with Crippen molar-refractivity contribution in [3.63, 3.8) is 0 Å². The second-order valence-corrected chi connectivity index (χ2v) is 5.74. The van der Waals surface area contributed by atoms with Crippen molar-refractivity contribution in [1.82, 2.24) is 0 Å². The molecule has 0 saturated heterocycles. The predicted octanol–water partition coefficient (Wildman–Crippen LogP) is 3.93. The summed E-state index contributed by atoms with van der Waals surface area (Å²) in [4.78, 5) is 0. The molecule has 1 aliphatic carbocycles. The Kier molecular flexibility index (Phi) is 3.27. The quantitative estimate of drug-likeness (QED) is 0.881. The molecule has 0 heterocycles. The van der Waals surface area contributed by atoms with E-state index in [4.69, 9.17) is 0 Å². The number of benzene rings is 2. The van der Waals surface area contributed by atoms with Crippen LogP contribution in [0, 0.1) is 0 Å². The number of hydrogen-bond donors (Lipinski definition) is 2. The number of nitrogens with one attached hydrogen (secondary N) is 1. The first-order valence-electron chi connectivity index (χ1n) is 6.37. The highest BCUT2D eigenvalue weighted by Crippen LogP contribution is 2.32. The first-order valence-corrected chi connectivity index (χ1v) is 7.17. The highest BCUT2D eigenvalue weighted by Gasteiger charge is 2.25. The Balaban J connectivity index is 1.99. The van der Waals surface area contributed by atoms with Gasteiger partial charge in [-0.1, -0.05) is 40.2 Å². The summed E-state index contributed by atoms with van der Waals surface area (Å²) in [6.45, 7) is 0. The Labute approximate surface area is 115 Å². The fourth-order valence-electron chi connectivity index (χ4n) is 2.70. The topological polar surface area (TPSA) is 32.3 Å². The van der Waals surface area contributed by atoms with Gasteiger partial charge in [0.05, 0.1) is 12.1 Å². The summed E-state index contributed by atoms with van der Waals surface area (Å²) in [6.07, 6.45) is 2.85. The van der Waals surface area contributed by atoms with Gasteiger partial charge in [0, 0.05) is 15.5 Å². The van der Waals surface area contributed by atoms with Crippen LogP contribution in [-0.2, 0) is 0 Å². The molecule has 0 amide bonds. The summed E-state index contributed by atoms with van der Waals surface area (Å²) in [7, 11) is 0. The Morgan fingerprint density at radius 3 is 2.56 bits per heavy atom. The van der Waals surface area contributed by atoms with Crippen molar-refractivity contribution < 1.29 is 5.11 Å². The van der Waals surface area contributed by atoms with Gasteiger partial charge < -0.3 is 10.4 Å². The number of rotatable bonds is 2. The number of fused-ring (bicyclic) bond motifs is 1. The Bertz CT molecular complexity index is 569. The van der Waals surface area contributed by atoms with Gasteiger partial charge in [-0.25, -0.2) is 0 Å². The van der Waals surface area contributed by atoms with Crippen LogP contribution >= 0.6 is 15.9 Å². The van der Waals surface area contributed by atoms with Crippen LogP contribution in [0.2, 0.25) is 0 Å². The van der Waals surface area contributed by atoms with Gasteiger partial charge >= 0.3 is 0 Å². The summed E-state index contributed by atoms with van der Waals surface area (Å²) in [6, 6.07) is 12.6. The van der Waals surface area contributed by atoms with Crippen molar-refractivity contribution in [2.75, 3.05) is 5.32 Å². The molecule has 2 atom stereocenters. The van der Waals surface area contributed by atoms with E-state index in [9.17, 15) is 5.11 Å². The second kappa shape index (κ2) is 4.90. The van der Waals surface area contributed by atoms with E-state index >= 15 is 0 Å². The maximum Gasteiger partial charge on any atom is 0.0741 e. The molecule has 2 N–H and O–H groups in total. The number of halogens is 1. The Morgan fingerprint density at radius 1 is 1.06 bits per heavy atom. The van der Waals surface area contributed by atoms with Crippen LogP contribution in [0.3, 0.4) is 0 Å². The van der Waals surface area contributed by atoms with Gasteiger partial charge in [-0.2, -0.15) is 0 Å². The molecule has 94 valence electrons. The predicted molar refractivity (Wildman–Crippen MR) is 78.9 cm³/mol. The van der Waals surface area contributed by atoms with E-state index in [2.05, 4.69) is 45.5 Å². The molecule has 0 bridgehead atoms. The molecule has 3 heteroatoms. The summed E-state index contributed by atoms with van der Waals surface area (Å²) in [5, 5.41) is 15.8. The molecule has 0 aromatic heterocycles. The molecule has 0 spiro atoms. The molecular formula is C15H16BrNO. The third kappa shape index (κ3) is 2.13. The van der Waals surface area contributed by atoms with E-state index < -0.39 is 0 Å². The number of aliphatic hydroxyl groups is 1. The maximum atomic E-state index is 9.91.